The SMILES string of the molecule is Cc1ccccc1-n1ncc(C(=O)N(C2CCS(=O)(=O)C2)N(C)C)c1C. The Morgan fingerprint density at radius 3 is 2.50 bits per heavy atom. The van der Waals surface area contributed by atoms with Crippen LogP contribution >= 0.6 is 0 Å². The van der Waals surface area contributed by atoms with Crippen LogP contribution in [0.25, 0.3) is 5.69 Å². The summed E-state index contributed by atoms with van der Waals surface area (Å²) in [5.74, 6) is -0.104. The van der Waals surface area contributed by atoms with Gasteiger partial charge in [0, 0.05) is 14.1 Å². The van der Waals surface area contributed by atoms with E-state index in [0.717, 1.165) is 16.9 Å². The minimum atomic E-state index is -3.08. The average molecular weight is 376 g/mol. The van der Waals surface area contributed by atoms with Crippen LogP contribution in [0.4, 0.5) is 0 Å². The molecule has 1 amide bonds. The predicted molar refractivity (Wildman–Crippen MR) is 100.0 cm³/mol. The van der Waals surface area contributed by atoms with E-state index < -0.39 is 9.84 Å². The number of hydrogen-bond acceptors (Lipinski definition) is 5. The van der Waals surface area contributed by atoms with Crippen molar-refractivity contribution in [2.75, 3.05) is 25.6 Å². The summed E-state index contributed by atoms with van der Waals surface area (Å²) >= 11 is 0. The Labute approximate surface area is 154 Å². The Balaban J connectivity index is 1.95. The van der Waals surface area contributed by atoms with Gasteiger partial charge in [-0.05, 0) is 31.9 Å². The van der Waals surface area contributed by atoms with Gasteiger partial charge in [0.1, 0.15) is 0 Å². The summed E-state index contributed by atoms with van der Waals surface area (Å²) in [6.45, 7) is 3.85. The van der Waals surface area contributed by atoms with Gasteiger partial charge < -0.3 is 0 Å². The second-order valence-corrected chi connectivity index (χ2v) is 9.12. The molecule has 2 heterocycles. The monoisotopic (exact) mass is 376 g/mol. The van der Waals surface area contributed by atoms with Crippen LogP contribution < -0.4 is 0 Å². The smallest absolute Gasteiger partial charge is 0.268 e. The van der Waals surface area contributed by atoms with Crippen LogP contribution in [0.5, 0.6) is 0 Å². The van der Waals surface area contributed by atoms with Crippen molar-refractivity contribution in [2.24, 2.45) is 0 Å². The van der Waals surface area contributed by atoms with Crippen LogP contribution in [0.3, 0.4) is 0 Å². The van der Waals surface area contributed by atoms with Crippen molar-refractivity contribution in [3.8, 4) is 5.69 Å². The van der Waals surface area contributed by atoms with Crippen LogP contribution in [0.15, 0.2) is 30.5 Å². The van der Waals surface area contributed by atoms with Crippen LogP contribution in [0.1, 0.15) is 28.0 Å². The van der Waals surface area contributed by atoms with Gasteiger partial charge in [-0.2, -0.15) is 5.10 Å². The van der Waals surface area contributed by atoms with E-state index in [0.29, 0.717) is 12.0 Å². The largest absolute Gasteiger partial charge is 0.271 e. The summed E-state index contributed by atoms with van der Waals surface area (Å²) < 4.78 is 25.4. The normalized spacial score (nSPS) is 19.0. The molecule has 0 spiro atoms. The zero-order chi connectivity index (χ0) is 19.1. The van der Waals surface area contributed by atoms with Crippen LogP contribution in [-0.4, -0.2) is 65.8 Å². The van der Waals surface area contributed by atoms with Crippen molar-refractivity contribution < 1.29 is 13.2 Å². The number of amides is 1. The third kappa shape index (κ3) is 3.39. The fourth-order valence-corrected chi connectivity index (χ4v) is 5.12. The van der Waals surface area contributed by atoms with Gasteiger partial charge in [0.05, 0.1) is 40.7 Å². The molecule has 0 bridgehead atoms. The molecular weight excluding hydrogens is 352 g/mol. The van der Waals surface area contributed by atoms with E-state index in [1.165, 1.54) is 5.01 Å². The van der Waals surface area contributed by atoms with Gasteiger partial charge >= 0.3 is 0 Å². The molecule has 0 aliphatic carbocycles. The lowest BCUT2D eigenvalue weighted by atomic mass is 10.1. The average Bonchev–Trinajstić information content (AvgIpc) is 3.10. The number of rotatable bonds is 4. The Morgan fingerprint density at radius 1 is 1.23 bits per heavy atom. The van der Waals surface area contributed by atoms with E-state index in [4.69, 9.17) is 0 Å². The van der Waals surface area contributed by atoms with E-state index in [9.17, 15) is 13.2 Å². The maximum absolute atomic E-state index is 13.2. The molecule has 2 aromatic rings. The number of sulfone groups is 1. The van der Waals surface area contributed by atoms with E-state index in [2.05, 4.69) is 5.10 Å². The summed E-state index contributed by atoms with van der Waals surface area (Å²) in [7, 11) is 0.423. The first kappa shape index (κ1) is 18.6. The van der Waals surface area contributed by atoms with Gasteiger partial charge in [-0.1, -0.05) is 18.2 Å². The highest BCUT2D eigenvalue weighted by atomic mass is 32.2. The fraction of sp³-hybridized carbons (Fsp3) is 0.444. The summed E-state index contributed by atoms with van der Waals surface area (Å²) in [6.07, 6.45) is 2.02. The van der Waals surface area contributed by atoms with Crippen molar-refractivity contribution in [1.29, 1.82) is 0 Å². The zero-order valence-electron chi connectivity index (χ0n) is 15.5. The van der Waals surface area contributed by atoms with Gasteiger partial charge in [0.25, 0.3) is 5.91 Å². The molecule has 0 saturated carbocycles. The van der Waals surface area contributed by atoms with Crippen LogP contribution in [0.2, 0.25) is 0 Å². The number of carbonyl (C=O) groups excluding carboxylic acids is 1. The molecule has 1 saturated heterocycles. The fourth-order valence-electron chi connectivity index (χ4n) is 3.43. The molecule has 1 atom stereocenters. The van der Waals surface area contributed by atoms with Crippen molar-refractivity contribution in [3.05, 3.63) is 47.3 Å². The lowest BCUT2D eigenvalue weighted by Crippen LogP contribution is -2.49. The quantitative estimate of drug-likeness (QED) is 0.758. The first-order valence-electron chi connectivity index (χ1n) is 8.53. The highest BCUT2D eigenvalue weighted by molar-refractivity contribution is 7.91. The highest BCUT2D eigenvalue weighted by Crippen LogP contribution is 2.23. The lowest BCUT2D eigenvalue weighted by molar-refractivity contribution is 0.000942. The van der Waals surface area contributed by atoms with Crippen LogP contribution in [-0.2, 0) is 9.84 Å². The number of aromatic nitrogens is 2. The van der Waals surface area contributed by atoms with Crippen molar-refractivity contribution in [1.82, 2.24) is 19.8 Å². The van der Waals surface area contributed by atoms with E-state index in [1.54, 1.807) is 30.0 Å². The number of hydrazine groups is 1. The molecule has 1 unspecified atom stereocenters. The maximum Gasteiger partial charge on any atom is 0.271 e. The van der Waals surface area contributed by atoms with Gasteiger partial charge in [-0.3, -0.25) is 9.80 Å². The third-order valence-corrected chi connectivity index (χ3v) is 6.53. The van der Waals surface area contributed by atoms with Gasteiger partial charge in [-0.25, -0.2) is 18.1 Å². The summed E-state index contributed by atoms with van der Waals surface area (Å²) in [6, 6.07) is 7.49. The lowest BCUT2D eigenvalue weighted by Gasteiger charge is -2.33. The molecule has 1 aromatic carbocycles. The summed E-state index contributed by atoms with van der Waals surface area (Å²) in [4.78, 5) is 13.2. The molecule has 1 fully saturated rings. The second kappa shape index (κ2) is 6.85. The Bertz CT molecular complexity index is 934. The Morgan fingerprint density at radius 2 is 1.92 bits per heavy atom. The molecule has 26 heavy (non-hydrogen) atoms. The minimum absolute atomic E-state index is 0.00188. The molecule has 7 nitrogen and oxygen atoms in total. The number of aryl methyl sites for hydroxylation is 1. The maximum atomic E-state index is 13.2. The molecule has 1 aliphatic rings. The van der Waals surface area contributed by atoms with E-state index in [-0.39, 0.29) is 23.5 Å². The van der Waals surface area contributed by atoms with Gasteiger partial charge in [-0.15, -0.1) is 0 Å². The van der Waals surface area contributed by atoms with Crippen molar-refractivity contribution >= 4 is 15.7 Å². The van der Waals surface area contributed by atoms with Crippen molar-refractivity contribution in [3.63, 3.8) is 0 Å². The van der Waals surface area contributed by atoms with Crippen LogP contribution in [0, 0.1) is 13.8 Å². The molecule has 1 aliphatic heterocycles. The summed E-state index contributed by atoms with van der Waals surface area (Å²) in [5.41, 5.74) is 3.19. The number of carbonyl (C=O) groups is 1. The molecule has 0 radical (unpaired) electrons. The standard InChI is InChI=1S/C18H24N4O3S/c1-13-7-5-6-8-17(13)21-14(2)16(11-19-21)18(23)22(20(3)4)15-9-10-26(24,25)12-15/h5-8,11,15H,9-10,12H2,1-4H3. The number of nitrogens with zero attached hydrogens (tertiary/aromatic N) is 4. The molecule has 3 rings (SSSR count). The predicted octanol–water partition coefficient (Wildman–Crippen LogP) is 1.60. The molecular formula is C18H24N4O3S. The first-order valence-corrected chi connectivity index (χ1v) is 10.4. The Hall–Kier alpha value is -2.19. The molecule has 1 aromatic heterocycles. The molecule has 8 heteroatoms. The summed E-state index contributed by atoms with van der Waals surface area (Å²) in [5, 5.41) is 7.60. The van der Waals surface area contributed by atoms with Gasteiger partial charge in [0.15, 0.2) is 9.84 Å². The number of para-hydroxylation sites is 1. The van der Waals surface area contributed by atoms with E-state index in [1.807, 2.05) is 38.1 Å². The minimum Gasteiger partial charge on any atom is -0.268 e. The second-order valence-electron chi connectivity index (χ2n) is 6.90. The molecule has 140 valence electrons. The first-order chi connectivity index (χ1) is 12.2. The number of benzene rings is 1. The zero-order valence-corrected chi connectivity index (χ0v) is 16.3. The Kier molecular flexibility index (Phi) is 4.90. The number of hydrogen-bond donors (Lipinski definition) is 0. The van der Waals surface area contributed by atoms with E-state index >= 15 is 0 Å². The highest BCUT2D eigenvalue weighted by Gasteiger charge is 2.37. The van der Waals surface area contributed by atoms with Crippen molar-refractivity contribution in [2.45, 2.75) is 26.3 Å². The van der Waals surface area contributed by atoms with Gasteiger partial charge in [0.2, 0.25) is 0 Å². The molecule has 0 N–H and O–H groups in total. The third-order valence-electron chi connectivity index (χ3n) is 4.78. The topological polar surface area (TPSA) is 75.5 Å².